The van der Waals surface area contributed by atoms with E-state index in [0.29, 0.717) is 37.0 Å². The van der Waals surface area contributed by atoms with Crippen LogP contribution in [-0.2, 0) is 19.6 Å². The van der Waals surface area contributed by atoms with Crippen LogP contribution in [0.1, 0.15) is 38.5 Å². The number of halogens is 2. The second kappa shape index (κ2) is 4.13. The van der Waals surface area contributed by atoms with Gasteiger partial charge in [-0.25, -0.2) is 13.2 Å². The minimum atomic E-state index is -6.04. The first-order valence-electron chi connectivity index (χ1n) is 6.68. The van der Waals surface area contributed by atoms with Crippen LogP contribution in [0.4, 0.5) is 8.78 Å². The molecule has 5 nitrogen and oxygen atoms in total. The Labute approximate surface area is 115 Å². The van der Waals surface area contributed by atoms with Crippen LogP contribution in [-0.4, -0.2) is 29.8 Å². The first-order chi connectivity index (χ1) is 9.11. The predicted octanol–water partition coefficient (Wildman–Crippen LogP) is 1.64. The van der Waals surface area contributed by atoms with E-state index < -0.39 is 26.9 Å². The second-order valence-electron chi connectivity index (χ2n) is 6.46. The first kappa shape index (κ1) is 14.2. The van der Waals surface area contributed by atoms with Crippen molar-refractivity contribution in [1.82, 2.24) is 0 Å². The maximum Gasteiger partial charge on any atom is 0.428 e. The monoisotopic (exact) mass is 309 g/mol. The largest absolute Gasteiger partial charge is 0.743 e. The Balaban J connectivity index is 1.80. The van der Waals surface area contributed by atoms with Crippen molar-refractivity contribution in [2.24, 2.45) is 17.8 Å². The minimum Gasteiger partial charge on any atom is -0.743 e. The zero-order valence-corrected chi connectivity index (χ0v) is 11.5. The van der Waals surface area contributed by atoms with Crippen molar-refractivity contribution in [3.63, 3.8) is 0 Å². The molecule has 8 heteroatoms. The van der Waals surface area contributed by atoms with Crippen LogP contribution in [0, 0.1) is 17.8 Å². The molecule has 0 N–H and O–H groups in total. The molecule has 0 atom stereocenters. The first-order valence-corrected chi connectivity index (χ1v) is 8.09. The van der Waals surface area contributed by atoms with Crippen molar-refractivity contribution in [3.05, 3.63) is 0 Å². The van der Waals surface area contributed by atoms with E-state index in [1.807, 2.05) is 0 Å². The average molecular weight is 309 g/mol. The summed E-state index contributed by atoms with van der Waals surface area (Å²) in [6.07, 6.45) is 4.56. The minimum absolute atomic E-state index is 0.353. The van der Waals surface area contributed by atoms with Gasteiger partial charge in [0.15, 0.2) is 10.1 Å². The molecule has 0 unspecified atom stereocenters. The predicted molar refractivity (Wildman–Crippen MR) is 61.6 cm³/mol. The van der Waals surface area contributed by atoms with Gasteiger partial charge in [-0.1, -0.05) is 0 Å². The van der Waals surface area contributed by atoms with Crippen molar-refractivity contribution in [1.29, 1.82) is 0 Å². The van der Waals surface area contributed by atoms with Crippen LogP contribution in [0.25, 0.3) is 0 Å². The molecule has 4 aliphatic carbocycles. The lowest BCUT2D eigenvalue weighted by Gasteiger charge is -2.55. The summed E-state index contributed by atoms with van der Waals surface area (Å²) in [7, 11) is -6.04. The Kier molecular flexibility index (Phi) is 2.93. The quantitative estimate of drug-likeness (QED) is 0.584. The summed E-state index contributed by atoms with van der Waals surface area (Å²) < 4.78 is 62.8. The van der Waals surface area contributed by atoms with Gasteiger partial charge in [0.1, 0.15) is 5.60 Å². The van der Waals surface area contributed by atoms with Gasteiger partial charge in [0, 0.05) is 0 Å². The number of ether oxygens (including phenoxy) is 1. The summed E-state index contributed by atoms with van der Waals surface area (Å²) in [6, 6.07) is 0. The highest BCUT2D eigenvalue weighted by molar-refractivity contribution is 7.87. The molecule has 4 bridgehead atoms. The van der Waals surface area contributed by atoms with Gasteiger partial charge in [0.05, 0.1) is 0 Å². The van der Waals surface area contributed by atoms with Crippen LogP contribution >= 0.6 is 0 Å². The van der Waals surface area contributed by atoms with Gasteiger partial charge in [-0.2, -0.15) is 8.78 Å². The summed E-state index contributed by atoms with van der Waals surface area (Å²) in [6.45, 7) is 0. The normalized spacial score (nSPS) is 39.9. The zero-order valence-electron chi connectivity index (χ0n) is 10.7. The molecular weight excluding hydrogens is 294 g/mol. The average Bonchev–Trinajstić information content (AvgIpc) is 2.24. The Bertz CT molecular complexity index is 507. The molecule has 20 heavy (non-hydrogen) atoms. The molecule has 0 radical (unpaired) electrons. The molecule has 4 fully saturated rings. The summed E-state index contributed by atoms with van der Waals surface area (Å²) in [5, 5.41) is -5.00. The third-order valence-electron chi connectivity index (χ3n) is 4.84. The van der Waals surface area contributed by atoms with Crippen LogP contribution in [0.15, 0.2) is 0 Å². The molecule has 114 valence electrons. The summed E-state index contributed by atoms with van der Waals surface area (Å²) >= 11 is 0. The molecule has 0 saturated heterocycles. The molecule has 0 aromatic carbocycles. The Morgan fingerprint density at radius 2 is 1.50 bits per heavy atom. The third kappa shape index (κ3) is 2.13. The third-order valence-corrected chi connectivity index (χ3v) is 5.64. The van der Waals surface area contributed by atoms with Gasteiger partial charge in [0.2, 0.25) is 0 Å². The molecule has 0 aliphatic heterocycles. The molecule has 0 heterocycles. The second-order valence-corrected chi connectivity index (χ2v) is 7.88. The lowest BCUT2D eigenvalue weighted by atomic mass is 9.54. The molecule has 0 amide bonds. The van der Waals surface area contributed by atoms with Gasteiger partial charge < -0.3 is 9.29 Å². The maximum absolute atomic E-state index is 13.2. The SMILES string of the molecule is O=C(OC12CC3CC(CC(C3)C1)C2)C(F)(F)S(=O)(=O)[O-]. The van der Waals surface area contributed by atoms with E-state index in [2.05, 4.69) is 0 Å². The van der Waals surface area contributed by atoms with Gasteiger partial charge >= 0.3 is 11.2 Å². The maximum atomic E-state index is 13.2. The number of hydrogen-bond donors (Lipinski definition) is 0. The summed E-state index contributed by atoms with van der Waals surface area (Å²) in [5.74, 6) is -1.15. The molecule has 4 saturated carbocycles. The van der Waals surface area contributed by atoms with Gasteiger partial charge in [-0.15, -0.1) is 0 Å². The highest BCUT2D eigenvalue weighted by Crippen LogP contribution is 2.57. The molecular formula is C12H15F2O5S-. The van der Waals surface area contributed by atoms with E-state index in [4.69, 9.17) is 4.74 Å². The van der Waals surface area contributed by atoms with Crippen LogP contribution < -0.4 is 0 Å². The van der Waals surface area contributed by atoms with E-state index >= 15 is 0 Å². The smallest absolute Gasteiger partial charge is 0.428 e. The number of alkyl halides is 2. The van der Waals surface area contributed by atoms with Crippen LogP contribution in [0.2, 0.25) is 0 Å². The van der Waals surface area contributed by atoms with E-state index in [9.17, 15) is 26.5 Å². The van der Waals surface area contributed by atoms with Crippen LogP contribution in [0.3, 0.4) is 0 Å². The Hall–Kier alpha value is -0.760. The fraction of sp³-hybridized carbons (Fsp3) is 0.917. The molecule has 0 aromatic heterocycles. The lowest BCUT2D eigenvalue weighted by Crippen LogP contribution is -2.55. The van der Waals surface area contributed by atoms with Crippen molar-refractivity contribution < 1.29 is 31.3 Å². The topological polar surface area (TPSA) is 83.5 Å². The van der Waals surface area contributed by atoms with E-state index in [-0.39, 0.29) is 0 Å². The highest BCUT2D eigenvalue weighted by Gasteiger charge is 2.57. The standard InChI is InChI=1S/C12H16F2O5S/c13-12(14,20(16,17)18)10(15)19-11-4-7-1-8(5-11)3-9(2-7)6-11/h7-9H,1-6H2,(H,16,17,18)/p-1. The van der Waals surface area contributed by atoms with Crippen molar-refractivity contribution in [2.45, 2.75) is 49.4 Å². The van der Waals surface area contributed by atoms with E-state index in [1.165, 1.54) is 0 Å². The number of carbonyl (C=O) groups excluding carboxylic acids is 1. The highest BCUT2D eigenvalue weighted by atomic mass is 32.2. The molecule has 0 spiro atoms. The fourth-order valence-corrected chi connectivity index (χ4v) is 4.76. The van der Waals surface area contributed by atoms with E-state index in [1.54, 1.807) is 0 Å². The Morgan fingerprint density at radius 1 is 1.10 bits per heavy atom. The number of rotatable bonds is 3. The van der Waals surface area contributed by atoms with Crippen molar-refractivity contribution in [2.75, 3.05) is 0 Å². The lowest BCUT2D eigenvalue weighted by molar-refractivity contribution is -0.201. The number of hydrogen-bond acceptors (Lipinski definition) is 5. The molecule has 4 aliphatic rings. The summed E-state index contributed by atoms with van der Waals surface area (Å²) in [5.41, 5.74) is -0.986. The fourth-order valence-electron chi connectivity index (χ4n) is 4.51. The van der Waals surface area contributed by atoms with Crippen LogP contribution in [0.5, 0.6) is 0 Å². The van der Waals surface area contributed by atoms with E-state index in [0.717, 1.165) is 19.3 Å². The van der Waals surface area contributed by atoms with Gasteiger partial charge in [0.25, 0.3) is 0 Å². The zero-order chi connectivity index (χ0) is 14.8. The Morgan fingerprint density at radius 3 is 1.85 bits per heavy atom. The van der Waals surface area contributed by atoms with Gasteiger partial charge in [-0.3, -0.25) is 0 Å². The summed E-state index contributed by atoms with van der Waals surface area (Å²) in [4.78, 5) is 11.4. The number of carbonyl (C=O) groups is 1. The van der Waals surface area contributed by atoms with Gasteiger partial charge in [-0.05, 0) is 56.3 Å². The molecule has 4 rings (SSSR count). The van der Waals surface area contributed by atoms with Crippen molar-refractivity contribution >= 4 is 16.1 Å². The molecule has 0 aromatic rings. The van der Waals surface area contributed by atoms with Crippen molar-refractivity contribution in [3.8, 4) is 0 Å². The number of esters is 1.